The number of carbonyl (C=O) groups excluding carboxylic acids is 1. The van der Waals surface area contributed by atoms with Gasteiger partial charge >= 0.3 is 5.97 Å². The number of aliphatic carboxylic acids is 1. The number of hydrogen-bond donors (Lipinski definition) is 2. The van der Waals surface area contributed by atoms with E-state index in [-0.39, 0.29) is 5.91 Å². The lowest BCUT2D eigenvalue weighted by atomic mass is 9.76. The molecule has 0 saturated carbocycles. The van der Waals surface area contributed by atoms with E-state index in [1.165, 1.54) is 0 Å². The van der Waals surface area contributed by atoms with Gasteiger partial charge in [0.15, 0.2) is 0 Å². The topological polar surface area (TPSA) is 83.6 Å². The molecule has 1 heterocycles. The standard InChI is InChI=1S/C11H20N2O3/c1-3-11(10(15)16)4-6-13(7-5-11)9(14)8(2)12/h8H,3-7,12H2,1-2H3,(H,15,16)/t8-/m1/s1. The lowest BCUT2D eigenvalue weighted by Crippen LogP contribution is -2.50. The molecular weight excluding hydrogens is 208 g/mol. The zero-order valence-corrected chi connectivity index (χ0v) is 9.90. The lowest BCUT2D eigenvalue weighted by Gasteiger charge is -2.38. The van der Waals surface area contributed by atoms with Crippen molar-refractivity contribution in [3.8, 4) is 0 Å². The number of nitrogens with zero attached hydrogens (tertiary/aromatic N) is 1. The molecule has 3 N–H and O–H groups in total. The van der Waals surface area contributed by atoms with Gasteiger partial charge < -0.3 is 15.7 Å². The molecule has 1 atom stereocenters. The van der Waals surface area contributed by atoms with Crippen molar-refractivity contribution in [1.82, 2.24) is 4.90 Å². The average molecular weight is 228 g/mol. The van der Waals surface area contributed by atoms with Crippen molar-refractivity contribution in [3.05, 3.63) is 0 Å². The van der Waals surface area contributed by atoms with Crippen LogP contribution < -0.4 is 5.73 Å². The summed E-state index contributed by atoms with van der Waals surface area (Å²) in [6.45, 7) is 4.54. The Morgan fingerprint density at radius 1 is 1.44 bits per heavy atom. The highest BCUT2D eigenvalue weighted by molar-refractivity contribution is 5.82. The molecule has 5 nitrogen and oxygen atoms in total. The molecule has 1 rings (SSSR count). The van der Waals surface area contributed by atoms with Gasteiger partial charge in [-0.05, 0) is 26.2 Å². The summed E-state index contributed by atoms with van der Waals surface area (Å²) in [5.74, 6) is -0.835. The van der Waals surface area contributed by atoms with Crippen LogP contribution in [0.5, 0.6) is 0 Å². The molecule has 1 amide bonds. The van der Waals surface area contributed by atoms with Crippen molar-refractivity contribution >= 4 is 11.9 Å². The molecular formula is C11H20N2O3. The van der Waals surface area contributed by atoms with Crippen LogP contribution in [0.15, 0.2) is 0 Å². The van der Waals surface area contributed by atoms with Crippen molar-refractivity contribution < 1.29 is 14.7 Å². The molecule has 16 heavy (non-hydrogen) atoms. The zero-order valence-electron chi connectivity index (χ0n) is 9.90. The first kappa shape index (κ1) is 13.0. The number of piperidine rings is 1. The third-order valence-corrected chi connectivity index (χ3v) is 3.55. The molecule has 1 saturated heterocycles. The highest BCUT2D eigenvalue weighted by Gasteiger charge is 2.40. The van der Waals surface area contributed by atoms with E-state index in [0.717, 1.165) is 0 Å². The van der Waals surface area contributed by atoms with Gasteiger partial charge in [0.1, 0.15) is 0 Å². The minimum absolute atomic E-state index is 0.0879. The van der Waals surface area contributed by atoms with Crippen molar-refractivity contribution in [2.75, 3.05) is 13.1 Å². The summed E-state index contributed by atoms with van der Waals surface area (Å²) < 4.78 is 0. The number of hydrogen-bond acceptors (Lipinski definition) is 3. The van der Waals surface area contributed by atoms with E-state index in [1.54, 1.807) is 11.8 Å². The predicted octanol–water partition coefficient (Wildman–Crippen LogP) is 0.437. The van der Waals surface area contributed by atoms with Gasteiger partial charge in [0.05, 0.1) is 11.5 Å². The van der Waals surface area contributed by atoms with Crippen LogP contribution in [0.3, 0.4) is 0 Å². The maximum Gasteiger partial charge on any atom is 0.309 e. The van der Waals surface area contributed by atoms with Crippen LogP contribution in [-0.2, 0) is 9.59 Å². The zero-order chi connectivity index (χ0) is 12.3. The number of carbonyl (C=O) groups is 2. The summed E-state index contributed by atoms with van der Waals surface area (Å²) >= 11 is 0. The molecule has 0 spiro atoms. The van der Waals surface area contributed by atoms with E-state index in [9.17, 15) is 14.7 Å². The van der Waals surface area contributed by atoms with Gasteiger partial charge in [-0.15, -0.1) is 0 Å². The molecule has 0 aromatic carbocycles. The van der Waals surface area contributed by atoms with E-state index in [4.69, 9.17) is 5.73 Å². The maximum absolute atomic E-state index is 11.6. The molecule has 0 bridgehead atoms. The minimum atomic E-state index is -0.747. The molecule has 0 aromatic heterocycles. The smallest absolute Gasteiger partial charge is 0.309 e. The number of carboxylic acids is 1. The van der Waals surface area contributed by atoms with Gasteiger partial charge in [0.2, 0.25) is 5.91 Å². The fourth-order valence-corrected chi connectivity index (χ4v) is 2.16. The number of amides is 1. The Morgan fingerprint density at radius 2 is 1.94 bits per heavy atom. The monoisotopic (exact) mass is 228 g/mol. The van der Waals surface area contributed by atoms with Crippen molar-refractivity contribution in [3.63, 3.8) is 0 Å². The Morgan fingerprint density at radius 3 is 2.25 bits per heavy atom. The number of rotatable bonds is 3. The number of carboxylic acid groups (broad SMARTS) is 1. The van der Waals surface area contributed by atoms with Crippen LogP contribution in [0.4, 0.5) is 0 Å². The van der Waals surface area contributed by atoms with Crippen LogP contribution in [-0.4, -0.2) is 41.0 Å². The fourth-order valence-electron chi connectivity index (χ4n) is 2.16. The Bertz CT molecular complexity index is 281. The first-order chi connectivity index (χ1) is 7.43. The molecule has 92 valence electrons. The van der Waals surface area contributed by atoms with Gasteiger partial charge in [-0.3, -0.25) is 9.59 Å². The second kappa shape index (κ2) is 4.82. The molecule has 5 heteroatoms. The van der Waals surface area contributed by atoms with Crippen LogP contribution in [0, 0.1) is 5.41 Å². The van der Waals surface area contributed by atoms with Crippen LogP contribution in [0.25, 0.3) is 0 Å². The van der Waals surface area contributed by atoms with E-state index in [1.807, 2.05) is 6.92 Å². The normalized spacial score (nSPS) is 21.6. The molecule has 0 radical (unpaired) electrons. The minimum Gasteiger partial charge on any atom is -0.481 e. The Hall–Kier alpha value is -1.10. The van der Waals surface area contributed by atoms with Crippen molar-refractivity contribution in [1.29, 1.82) is 0 Å². The summed E-state index contributed by atoms with van der Waals surface area (Å²) in [4.78, 5) is 24.5. The lowest BCUT2D eigenvalue weighted by molar-refractivity contribution is -0.154. The van der Waals surface area contributed by atoms with Crippen LogP contribution >= 0.6 is 0 Å². The van der Waals surface area contributed by atoms with Gasteiger partial charge in [0, 0.05) is 13.1 Å². The molecule has 0 aliphatic carbocycles. The number of nitrogens with two attached hydrogens (primary N) is 1. The first-order valence-electron chi connectivity index (χ1n) is 5.71. The third kappa shape index (κ3) is 2.35. The Balaban J connectivity index is 2.63. The third-order valence-electron chi connectivity index (χ3n) is 3.55. The van der Waals surface area contributed by atoms with Gasteiger partial charge in [-0.1, -0.05) is 6.92 Å². The second-order valence-corrected chi connectivity index (χ2v) is 4.55. The Kier molecular flexibility index (Phi) is 3.91. The highest BCUT2D eigenvalue weighted by Crippen LogP contribution is 2.35. The second-order valence-electron chi connectivity index (χ2n) is 4.55. The average Bonchev–Trinajstić information content (AvgIpc) is 2.27. The SMILES string of the molecule is CCC1(C(=O)O)CCN(C(=O)[C@@H](C)N)CC1. The van der Waals surface area contributed by atoms with E-state index >= 15 is 0 Å². The highest BCUT2D eigenvalue weighted by atomic mass is 16.4. The summed E-state index contributed by atoms with van der Waals surface area (Å²) in [6, 6.07) is -0.501. The largest absolute Gasteiger partial charge is 0.481 e. The van der Waals surface area contributed by atoms with Crippen LogP contribution in [0.1, 0.15) is 33.1 Å². The fraction of sp³-hybridized carbons (Fsp3) is 0.818. The summed E-state index contributed by atoms with van der Waals surface area (Å²) in [6.07, 6.45) is 1.66. The number of likely N-dealkylation sites (tertiary alicyclic amines) is 1. The molecule has 0 unspecified atom stereocenters. The van der Waals surface area contributed by atoms with E-state index in [2.05, 4.69) is 0 Å². The molecule has 1 aliphatic rings. The molecule has 0 aromatic rings. The first-order valence-corrected chi connectivity index (χ1v) is 5.71. The molecule has 1 fully saturated rings. The molecule has 1 aliphatic heterocycles. The van der Waals surface area contributed by atoms with Gasteiger partial charge in [0.25, 0.3) is 0 Å². The van der Waals surface area contributed by atoms with Crippen molar-refractivity contribution in [2.45, 2.75) is 39.2 Å². The van der Waals surface area contributed by atoms with E-state index in [0.29, 0.717) is 32.4 Å². The quantitative estimate of drug-likeness (QED) is 0.734. The van der Waals surface area contributed by atoms with Gasteiger partial charge in [-0.2, -0.15) is 0 Å². The van der Waals surface area contributed by atoms with E-state index < -0.39 is 17.4 Å². The summed E-state index contributed by atoms with van der Waals surface area (Å²) in [5, 5.41) is 9.19. The van der Waals surface area contributed by atoms with Crippen LogP contribution in [0.2, 0.25) is 0 Å². The van der Waals surface area contributed by atoms with Crippen molar-refractivity contribution in [2.24, 2.45) is 11.1 Å². The van der Waals surface area contributed by atoms with Gasteiger partial charge in [-0.25, -0.2) is 0 Å². The summed E-state index contributed by atoms with van der Waals surface area (Å²) in [5.41, 5.74) is 4.87. The maximum atomic E-state index is 11.6. The predicted molar refractivity (Wildman–Crippen MR) is 59.8 cm³/mol. The Labute approximate surface area is 95.6 Å². The summed E-state index contributed by atoms with van der Waals surface area (Å²) in [7, 11) is 0.